The molecule has 1 aliphatic rings. The Morgan fingerprint density at radius 3 is 1.30 bits per heavy atom. The van der Waals surface area contributed by atoms with E-state index in [4.69, 9.17) is 0 Å². The first-order chi connectivity index (χ1) is 12.7. The van der Waals surface area contributed by atoms with Crippen LogP contribution in [0.3, 0.4) is 0 Å². The second-order valence-electron chi connectivity index (χ2n) is 6.73. The monoisotopic (exact) mass is 384 g/mol. The lowest BCUT2D eigenvalue weighted by Crippen LogP contribution is -2.50. The molecule has 2 aromatic rings. The number of benzene rings is 2. The van der Waals surface area contributed by atoms with Crippen LogP contribution in [0.25, 0.3) is 0 Å². The molecule has 144 valence electrons. The zero-order valence-electron chi connectivity index (χ0n) is 15.6. The molecule has 0 spiro atoms. The van der Waals surface area contributed by atoms with Crippen molar-refractivity contribution in [2.24, 2.45) is 0 Å². The number of piperazine rings is 1. The van der Waals surface area contributed by atoms with Gasteiger partial charge in [-0.15, -0.1) is 0 Å². The molecular weight excluding hydrogens is 356 g/mol. The SMILES string of the molecule is O=C(CCc1ccccc1)N1CCN(C(=O)CCc2ccccc2)CC1.S. The number of hydrogen-bond acceptors (Lipinski definition) is 2. The van der Waals surface area contributed by atoms with Gasteiger partial charge in [0.2, 0.25) is 11.8 Å². The van der Waals surface area contributed by atoms with Crippen LogP contribution in [0.1, 0.15) is 24.0 Å². The number of carbonyl (C=O) groups is 2. The summed E-state index contributed by atoms with van der Waals surface area (Å²) in [6.45, 7) is 2.57. The molecule has 1 fully saturated rings. The molecule has 1 heterocycles. The Kier molecular flexibility index (Phi) is 8.40. The molecule has 1 aliphatic heterocycles. The quantitative estimate of drug-likeness (QED) is 0.768. The van der Waals surface area contributed by atoms with Gasteiger partial charge in [-0.1, -0.05) is 60.7 Å². The maximum atomic E-state index is 12.4. The standard InChI is InChI=1S/C22H26N2O2.H2S/c25-21(13-11-19-7-3-1-4-8-19)23-15-17-24(18-16-23)22(26)14-12-20-9-5-2-6-10-20;/h1-10H,11-18H2;1H2. The van der Waals surface area contributed by atoms with Crippen molar-refractivity contribution in [1.29, 1.82) is 0 Å². The minimum Gasteiger partial charge on any atom is -0.339 e. The van der Waals surface area contributed by atoms with Crippen molar-refractivity contribution < 1.29 is 9.59 Å². The van der Waals surface area contributed by atoms with Crippen molar-refractivity contribution in [3.05, 3.63) is 71.8 Å². The smallest absolute Gasteiger partial charge is 0.223 e. The van der Waals surface area contributed by atoms with Crippen molar-refractivity contribution in [3.8, 4) is 0 Å². The van der Waals surface area contributed by atoms with Crippen LogP contribution >= 0.6 is 13.5 Å². The van der Waals surface area contributed by atoms with Crippen LogP contribution in [0.15, 0.2) is 60.7 Å². The third kappa shape index (κ3) is 6.43. The van der Waals surface area contributed by atoms with E-state index in [-0.39, 0.29) is 25.3 Å². The molecule has 5 heteroatoms. The fourth-order valence-electron chi connectivity index (χ4n) is 3.31. The van der Waals surface area contributed by atoms with E-state index in [0.29, 0.717) is 39.0 Å². The second kappa shape index (κ2) is 10.8. The van der Waals surface area contributed by atoms with Crippen LogP contribution in [0.4, 0.5) is 0 Å². The Labute approximate surface area is 168 Å². The fourth-order valence-corrected chi connectivity index (χ4v) is 3.31. The molecule has 0 unspecified atom stereocenters. The Hall–Kier alpha value is -2.27. The highest BCUT2D eigenvalue weighted by Gasteiger charge is 2.23. The summed E-state index contributed by atoms with van der Waals surface area (Å²) in [6, 6.07) is 20.2. The summed E-state index contributed by atoms with van der Waals surface area (Å²) in [4.78, 5) is 28.5. The summed E-state index contributed by atoms with van der Waals surface area (Å²) >= 11 is 0. The average molecular weight is 385 g/mol. The zero-order valence-corrected chi connectivity index (χ0v) is 16.6. The van der Waals surface area contributed by atoms with Crippen molar-refractivity contribution in [2.75, 3.05) is 26.2 Å². The minimum atomic E-state index is 0. The topological polar surface area (TPSA) is 40.6 Å². The van der Waals surface area contributed by atoms with Gasteiger partial charge < -0.3 is 9.80 Å². The molecule has 2 amide bonds. The first-order valence-electron chi connectivity index (χ1n) is 9.36. The Morgan fingerprint density at radius 1 is 0.630 bits per heavy atom. The Balaban J connectivity index is 0.00000261. The van der Waals surface area contributed by atoms with E-state index in [1.807, 2.05) is 46.2 Å². The van der Waals surface area contributed by atoms with Crippen LogP contribution < -0.4 is 0 Å². The molecular formula is C22H28N2O2S. The summed E-state index contributed by atoms with van der Waals surface area (Å²) in [6.07, 6.45) is 2.61. The van der Waals surface area contributed by atoms with E-state index in [9.17, 15) is 9.59 Å². The van der Waals surface area contributed by atoms with Gasteiger partial charge in [0.1, 0.15) is 0 Å². The van der Waals surface area contributed by atoms with Gasteiger partial charge >= 0.3 is 0 Å². The molecule has 2 aromatic carbocycles. The number of nitrogens with zero attached hydrogens (tertiary/aromatic N) is 2. The molecule has 4 nitrogen and oxygen atoms in total. The molecule has 27 heavy (non-hydrogen) atoms. The van der Waals surface area contributed by atoms with Crippen molar-refractivity contribution in [1.82, 2.24) is 9.80 Å². The Morgan fingerprint density at radius 2 is 0.963 bits per heavy atom. The molecule has 0 radical (unpaired) electrons. The highest BCUT2D eigenvalue weighted by Crippen LogP contribution is 2.10. The van der Waals surface area contributed by atoms with Crippen molar-refractivity contribution in [3.63, 3.8) is 0 Å². The van der Waals surface area contributed by atoms with E-state index in [1.54, 1.807) is 0 Å². The first kappa shape index (κ1) is 21.0. The largest absolute Gasteiger partial charge is 0.339 e. The highest BCUT2D eigenvalue weighted by molar-refractivity contribution is 7.59. The van der Waals surface area contributed by atoms with Gasteiger partial charge in [0.25, 0.3) is 0 Å². The van der Waals surface area contributed by atoms with Gasteiger partial charge in [-0.3, -0.25) is 9.59 Å². The zero-order chi connectivity index (χ0) is 18.2. The molecule has 0 aromatic heterocycles. The lowest BCUT2D eigenvalue weighted by Gasteiger charge is -2.35. The molecule has 0 N–H and O–H groups in total. The highest BCUT2D eigenvalue weighted by atomic mass is 32.1. The molecule has 0 aliphatic carbocycles. The summed E-state index contributed by atoms with van der Waals surface area (Å²) in [7, 11) is 0. The number of amides is 2. The summed E-state index contributed by atoms with van der Waals surface area (Å²) < 4.78 is 0. The van der Waals surface area contributed by atoms with E-state index in [0.717, 1.165) is 12.8 Å². The predicted octanol–water partition coefficient (Wildman–Crippen LogP) is 3.04. The molecule has 3 rings (SSSR count). The van der Waals surface area contributed by atoms with E-state index in [1.165, 1.54) is 11.1 Å². The normalized spacial score (nSPS) is 13.8. The third-order valence-electron chi connectivity index (χ3n) is 4.93. The lowest BCUT2D eigenvalue weighted by molar-refractivity contribution is -0.139. The number of rotatable bonds is 6. The maximum Gasteiger partial charge on any atom is 0.223 e. The summed E-state index contributed by atoms with van der Waals surface area (Å²) in [5, 5.41) is 0. The number of aryl methyl sites for hydroxylation is 2. The van der Waals surface area contributed by atoms with E-state index >= 15 is 0 Å². The molecule has 0 bridgehead atoms. The van der Waals surface area contributed by atoms with Crippen LogP contribution in [-0.4, -0.2) is 47.8 Å². The van der Waals surface area contributed by atoms with E-state index in [2.05, 4.69) is 24.3 Å². The van der Waals surface area contributed by atoms with Gasteiger partial charge in [-0.2, -0.15) is 13.5 Å². The van der Waals surface area contributed by atoms with Crippen molar-refractivity contribution >= 4 is 25.3 Å². The summed E-state index contributed by atoms with van der Waals surface area (Å²) in [5.74, 6) is 0.371. The van der Waals surface area contributed by atoms with Gasteiger partial charge in [0.05, 0.1) is 0 Å². The average Bonchev–Trinajstić information content (AvgIpc) is 2.72. The first-order valence-corrected chi connectivity index (χ1v) is 9.36. The summed E-state index contributed by atoms with van der Waals surface area (Å²) in [5.41, 5.74) is 2.38. The van der Waals surface area contributed by atoms with Gasteiger partial charge in [0.15, 0.2) is 0 Å². The maximum absolute atomic E-state index is 12.4. The number of carbonyl (C=O) groups excluding carboxylic acids is 2. The third-order valence-corrected chi connectivity index (χ3v) is 4.93. The second-order valence-corrected chi connectivity index (χ2v) is 6.73. The van der Waals surface area contributed by atoms with Gasteiger partial charge in [0, 0.05) is 39.0 Å². The van der Waals surface area contributed by atoms with Crippen LogP contribution in [-0.2, 0) is 22.4 Å². The minimum absolute atomic E-state index is 0. The van der Waals surface area contributed by atoms with Crippen LogP contribution in [0, 0.1) is 0 Å². The van der Waals surface area contributed by atoms with E-state index < -0.39 is 0 Å². The van der Waals surface area contributed by atoms with Crippen molar-refractivity contribution in [2.45, 2.75) is 25.7 Å². The number of hydrogen-bond donors (Lipinski definition) is 0. The lowest BCUT2D eigenvalue weighted by atomic mass is 10.1. The fraction of sp³-hybridized carbons (Fsp3) is 0.364. The molecule has 0 saturated carbocycles. The Bertz CT molecular complexity index is 650. The van der Waals surface area contributed by atoms with Crippen LogP contribution in [0.2, 0.25) is 0 Å². The predicted molar refractivity (Wildman–Crippen MR) is 113 cm³/mol. The van der Waals surface area contributed by atoms with Gasteiger partial charge in [-0.05, 0) is 24.0 Å². The molecule has 1 saturated heterocycles. The van der Waals surface area contributed by atoms with Gasteiger partial charge in [-0.25, -0.2) is 0 Å². The van der Waals surface area contributed by atoms with Crippen LogP contribution in [0.5, 0.6) is 0 Å². The molecule has 0 atom stereocenters.